The number of amides is 1. The first-order valence-electron chi connectivity index (χ1n) is 6.57. The summed E-state index contributed by atoms with van der Waals surface area (Å²) in [5.74, 6) is -0.203. The van der Waals surface area contributed by atoms with Crippen molar-refractivity contribution in [2.45, 2.75) is 39.5 Å². The van der Waals surface area contributed by atoms with Crippen molar-refractivity contribution < 1.29 is 4.79 Å². The lowest BCUT2D eigenvalue weighted by Gasteiger charge is -2.24. The number of halogens is 1. The van der Waals surface area contributed by atoms with E-state index in [1.807, 2.05) is 38.1 Å². The maximum Gasteiger partial charge on any atom is 0.244 e. The van der Waals surface area contributed by atoms with Crippen LogP contribution < -0.4 is 5.32 Å². The van der Waals surface area contributed by atoms with E-state index in [1.165, 1.54) is 0 Å². The predicted octanol–water partition coefficient (Wildman–Crippen LogP) is 4.50. The molecule has 102 valence electrons. The number of carbonyl (C=O) groups is 1. The van der Waals surface area contributed by atoms with Gasteiger partial charge in [0.15, 0.2) is 0 Å². The molecule has 0 saturated heterocycles. The number of carbonyl (C=O) groups excluding carboxylic acids is 1. The van der Waals surface area contributed by atoms with Crippen molar-refractivity contribution >= 4 is 27.5 Å². The average Bonchev–Trinajstić information content (AvgIpc) is 2.41. The van der Waals surface area contributed by atoms with Gasteiger partial charge >= 0.3 is 0 Å². The molecule has 1 rings (SSSR count). The van der Waals surface area contributed by atoms with Gasteiger partial charge in [0.1, 0.15) is 5.41 Å². The predicted molar refractivity (Wildman–Crippen MR) is 80.6 cm³/mol. The van der Waals surface area contributed by atoms with Gasteiger partial charge in [-0.1, -0.05) is 38.8 Å². The largest absolute Gasteiger partial charge is 0.324 e. The Morgan fingerprint density at radius 1 is 1.32 bits per heavy atom. The molecule has 0 radical (unpaired) electrons. The number of hydrogen-bond acceptors (Lipinski definition) is 2. The first kappa shape index (κ1) is 15.7. The fraction of sp³-hybridized carbons (Fsp3) is 0.467. The number of benzene rings is 1. The van der Waals surface area contributed by atoms with Crippen LogP contribution in [-0.4, -0.2) is 5.91 Å². The Hall–Kier alpha value is -1.34. The maximum absolute atomic E-state index is 12.4. The number of nitriles is 1. The fourth-order valence-corrected chi connectivity index (χ4v) is 2.56. The van der Waals surface area contributed by atoms with Crippen molar-refractivity contribution in [3.05, 3.63) is 28.7 Å². The zero-order valence-electron chi connectivity index (χ0n) is 11.4. The van der Waals surface area contributed by atoms with Gasteiger partial charge in [-0.25, -0.2) is 0 Å². The lowest BCUT2D eigenvalue weighted by molar-refractivity contribution is -0.123. The minimum Gasteiger partial charge on any atom is -0.324 e. The number of para-hydroxylation sites is 1. The Labute approximate surface area is 123 Å². The molecule has 0 bridgehead atoms. The van der Waals surface area contributed by atoms with Crippen molar-refractivity contribution in [1.29, 1.82) is 5.26 Å². The molecule has 1 amide bonds. The molecule has 0 aliphatic rings. The van der Waals surface area contributed by atoms with Crippen molar-refractivity contribution in [1.82, 2.24) is 0 Å². The molecule has 1 N–H and O–H groups in total. The van der Waals surface area contributed by atoms with Crippen LogP contribution in [0.4, 0.5) is 5.69 Å². The van der Waals surface area contributed by atoms with Gasteiger partial charge in [0.05, 0.1) is 11.8 Å². The molecule has 1 aromatic carbocycles. The highest BCUT2D eigenvalue weighted by Crippen LogP contribution is 2.32. The van der Waals surface area contributed by atoms with Crippen LogP contribution in [0.1, 0.15) is 39.5 Å². The topological polar surface area (TPSA) is 52.9 Å². The molecule has 0 heterocycles. The van der Waals surface area contributed by atoms with Crippen LogP contribution in [0.2, 0.25) is 0 Å². The summed E-state index contributed by atoms with van der Waals surface area (Å²) in [6.45, 7) is 3.99. The van der Waals surface area contributed by atoms with Crippen LogP contribution in [0.25, 0.3) is 0 Å². The summed E-state index contributed by atoms with van der Waals surface area (Å²) in [4.78, 5) is 12.4. The molecule has 19 heavy (non-hydrogen) atoms. The van der Waals surface area contributed by atoms with Gasteiger partial charge in [0.25, 0.3) is 0 Å². The third kappa shape index (κ3) is 3.81. The maximum atomic E-state index is 12.4. The van der Waals surface area contributed by atoms with E-state index in [2.05, 4.69) is 27.3 Å². The first-order chi connectivity index (χ1) is 9.09. The summed E-state index contributed by atoms with van der Waals surface area (Å²) in [5, 5.41) is 12.3. The van der Waals surface area contributed by atoms with E-state index in [4.69, 9.17) is 0 Å². The first-order valence-corrected chi connectivity index (χ1v) is 7.36. The van der Waals surface area contributed by atoms with Crippen LogP contribution in [0.3, 0.4) is 0 Å². The molecule has 0 aliphatic carbocycles. The normalized spacial score (nSPS) is 10.8. The zero-order valence-corrected chi connectivity index (χ0v) is 13.0. The molecule has 4 heteroatoms. The Morgan fingerprint density at radius 2 is 1.89 bits per heavy atom. The SMILES string of the molecule is CCCC(C#N)(CCC)C(=O)Nc1ccccc1Br. The van der Waals surface area contributed by atoms with E-state index < -0.39 is 5.41 Å². The molecule has 0 aromatic heterocycles. The quantitative estimate of drug-likeness (QED) is 0.838. The number of nitrogens with zero attached hydrogens (tertiary/aromatic N) is 1. The second kappa shape index (κ2) is 7.30. The smallest absolute Gasteiger partial charge is 0.244 e. The minimum absolute atomic E-state index is 0.203. The van der Waals surface area contributed by atoms with Gasteiger partial charge in [-0.05, 0) is 40.9 Å². The summed E-state index contributed by atoms with van der Waals surface area (Å²) in [6, 6.07) is 9.65. The molecule has 0 unspecified atom stereocenters. The van der Waals surface area contributed by atoms with Crippen molar-refractivity contribution in [2.24, 2.45) is 5.41 Å². The molecule has 0 atom stereocenters. The monoisotopic (exact) mass is 322 g/mol. The van der Waals surface area contributed by atoms with E-state index in [0.29, 0.717) is 18.5 Å². The van der Waals surface area contributed by atoms with Gasteiger partial charge in [0.2, 0.25) is 5.91 Å². The molecule has 0 aliphatic heterocycles. The summed E-state index contributed by atoms with van der Waals surface area (Å²) >= 11 is 3.39. The lowest BCUT2D eigenvalue weighted by atomic mass is 9.79. The molecular formula is C15H19BrN2O. The number of rotatable bonds is 6. The van der Waals surface area contributed by atoms with Gasteiger partial charge in [-0.15, -0.1) is 0 Å². The van der Waals surface area contributed by atoms with E-state index >= 15 is 0 Å². The van der Waals surface area contributed by atoms with Gasteiger partial charge < -0.3 is 5.32 Å². The van der Waals surface area contributed by atoms with Crippen LogP contribution in [-0.2, 0) is 4.79 Å². The zero-order chi connectivity index (χ0) is 14.3. The average molecular weight is 323 g/mol. The third-order valence-corrected chi connectivity index (χ3v) is 3.82. The molecular weight excluding hydrogens is 304 g/mol. The molecule has 0 fully saturated rings. The minimum atomic E-state index is -0.918. The van der Waals surface area contributed by atoms with Crippen LogP contribution in [0.15, 0.2) is 28.7 Å². The Bertz CT molecular complexity index is 473. The number of hydrogen-bond donors (Lipinski definition) is 1. The van der Waals surface area contributed by atoms with E-state index in [9.17, 15) is 10.1 Å². The number of anilines is 1. The van der Waals surface area contributed by atoms with Crippen molar-refractivity contribution in [2.75, 3.05) is 5.32 Å². The van der Waals surface area contributed by atoms with Crippen LogP contribution >= 0.6 is 15.9 Å². The molecule has 0 saturated carbocycles. The third-order valence-electron chi connectivity index (χ3n) is 3.12. The molecule has 3 nitrogen and oxygen atoms in total. The summed E-state index contributed by atoms with van der Waals surface area (Å²) in [5.41, 5.74) is -0.210. The summed E-state index contributed by atoms with van der Waals surface area (Å²) in [6.07, 6.45) is 2.81. The Morgan fingerprint density at radius 3 is 2.37 bits per heavy atom. The molecule has 0 spiro atoms. The molecule has 1 aromatic rings. The number of nitrogens with one attached hydrogen (secondary N) is 1. The standard InChI is InChI=1S/C15H19BrN2O/c1-3-9-15(11-17,10-4-2)14(19)18-13-8-6-5-7-12(13)16/h5-8H,3-4,9-10H2,1-2H3,(H,18,19). The van der Waals surface area contributed by atoms with Gasteiger partial charge in [-0.3, -0.25) is 4.79 Å². The summed E-state index contributed by atoms with van der Waals surface area (Å²) in [7, 11) is 0. The highest BCUT2D eigenvalue weighted by Gasteiger charge is 2.37. The lowest BCUT2D eigenvalue weighted by Crippen LogP contribution is -2.35. The van der Waals surface area contributed by atoms with Gasteiger partial charge in [-0.2, -0.15) is 5.26 Å². The van der Waals surface area contributed by atoms with E-state index in [-0.39, 0.29) is 5.91 Å². The second-order valence-corrected chi connectivity index (χ2v) is 5.48. The summed E-state index contributed by atoms with van der Waals surface area (Å²) < 4.78 is 0.822. The highest BCUT2D eigenvalue weighted by atomic mass is 79.9. The van der Waals surface area contributed by atoms with Crippen molar-refractivity contribution in [3.63, 3.8) is 0 Å². The van der Waals surface area contributed by atoms with Crippen LogP contribution in [0.5, 0.6) is 0 Å². The van der Waals surface area contributed by atoms with Crippen LogP contribution in [0, 0.1) is 16.7 Å². The second-order valence-electron chi connectivity index (χ2n) is 4.63. The van der Waals surface area contributed by atoms with Crippen molar-refractivity contribution in [3.8, 4) is 6.07 Å². The van der Waals surface area contributed by atoms with E-state index in [1.54, 1.807) is 0 Å². The van der Waals surface area contributed by atoms with E-state index in [0.717, 1.165) is 17.3 Å². The fourth-order valence-electron chi connectivity index (χ4n) is 2.17. The Balaban J connectivity index is 2.95. The van der Waals surface area contributed by atoms with Gasteiger partial charge in [0, 0.05) is 4.47 Å². The highest BCUT2D eigenvalue weighted by molar-refractivity contribution is 9.10. The Kier molecular flexibility index (Phi) is 6.04.